The minimum absolute atomic E-state index is 0.00138. The van der Waals surface area contributed by atoms with Crippen molar-refractivity contribution < 1.29 is 41.4 Å². The highest BCUT2D eigenvalue weighted by atomic mass is 32.2. The van der Waals surface area contributed by atoms with Crippen LogP contribution in [0.1, 0.15) is 46.5 Å². The van der Waals surface area contributed by atoms with Crippen molar-refractivity contribution in [1.82, 2.24) is 19.9 Å². The van der Waals surface area contributed by atoms with Crippen LogP contribution in [0.25, 0.3) is 10.8 Å². The predicted octanol–water partition coefficient (Wildman–Crippen LogP) is 2.81. The molecule has 1 aromatic carbocycles. The smallest absolute Gasteiger partial charge is 0.411 e. The Morgan fingerprint density at radius 3 is 2.56 bits per heavy atom. The second-order valence-electron chi connectivity index (χ2n) is 12.1. The fraction of sp³-hybridized carbons (Fsp3) is 0.517. The number of nitrogens with one attached hydrogen (secondary N) is 2. The van der Waals surface area contributed by atoms with Crippen LogP contribution < -0.4 is 19.5 Å². The van der Waals surface area contributed by atoms with Gasteiger partial charge < -0.3 is 19.5 Å². The van der Waals surface area contributed by atoms with E-state index in [2.05, 4.69) is 21.6 Å². The first-order chi connectivity index (χ1) is 20.2. The zero-order valence-electron chi connectivity index (χ0n) is 24.4. The standard InChI is InChI=1S/C29H35FN4O8S/c1-6-17-14-29(17,26(36)33-43(38,39)19-7-8-19)32-24(35)22-12-18(15-34(22)27(37)42-28(2,3)4)41-25-20-13-21(30)23(40-5)11-16(20)9-10-31-25/h6,9-11,13,17-19,22H,1,7-8,12,14-15H2,2-5H3,(H,32,35)(H,33,36). The quantitative estimate of drug-likeness (QED) is 0.404. The van der Waals surface area contributed by atoms with Gasteiger partial charge in [0.25, 0.3) is 5.91 Å². The third-order valence-electron chi connectivity index (χ3n) is 7.72. The number of hydrogen-bond acceptors (Lipinski definition) is 9. The second-order valence-corrected chi connectivity index (χ2v) is 14.1. The molecule has 2 aromatic rings. The molecule has 3 aliphatic rings. The molecule has 4 unspecified atom stereocenters. The summed E-state index contributed by atoms with van der Waals surface area (Å²) in [6, 6.07) is 3.29. The molecule has 4 atom stereocenters. The second kappa shape index (κ2) is 11.0. The van der Waals surface area contributed by atoms with Crippen molar-refractivity contribution in [1.29, 1.82) is 0 Å². The number of amides is 3. The average Bonchev–Trinajstić information content (AvgIpc) is 3.84. The number of carbonyl (C=O) groups is 3. The van der Waals surface area contributed by atoms with Crippen LogP contribution in [0.15, 0.2) is 37.1 Å². The van der Waals surface area contributed by atoms with Crippen LogP contribution in [0, 0.1) is 11.7 Å². The van der Waals surface area contributed by atoms with Crippen molar-refractivity contribution in [2.75, 3.05) is 13.7 Å². The highest BCUT2D eigenvalue weighted by Gasteiger charge is 2.62. The Labute approximate surface area is 249 Å². The average molecular weight is 619 g/mol. The van der Waals surface area contributed by atoms with Crippen molar-refractivity contribution in [2.45, 2.75) is 75.0 Å². The van der Waals surface area contributed by atoms with E-state index in [1.165, 1.54) is 36.4 Å². The van der Waals surface area contributed by atoms with Crippen LogP contribution in [0.5, 0.6) is 11.6 Å². The van der Waals surface area contributed by atoms with E-state index in [0.29, 0.717) is 23.6 Å². The van der Waals surface area contributed by atoms with Crippen LogP contribution in [0.2, 0.25) is 0 Å². The monoisotopic (exact) mass is 618 g/mol. The summed E-state index contributed by atoms with van der Waals surface area (Å²) in [6.07, 6.45) is 2.53. The highest BCUT2D eigenvalue weighted by Crippen LogP contribution is 2.45. The third kappa shape index (κ3) is 6.24. The van der Waals surface area contributed by atoms with Crippen molar-refractivity contribution in [3.8, 4) is 11.6 Å². The summed E-state index contributed by atoms with van der Waals surface area (Å²) < 4.78 is 58.3. The van der Waals surface area contributed by atoms with E-state index < -0.39 is 68.2 Å². The molecule has 0 bridgehead atoms. The molecule has 2 aliphatic carbocycles. The van der Waals surface area contributed by atoms with E-state index in [9.17, 15) is 27.2 Å². The molecule has 43 heavy (non-hydrogen) atoms. The van der Waals surface area contributed by atoms with E-state index >= 15 is 0 Å². The van der Waals surface area contributed by atoms with Gasteiger partial charge in [0.1, 0.15) is 23.3 Å². The first kappa shape index (κ1) is 30.5. The van der Waals surface area contributed by atoms with Gasteiger partial charge in [0, 0.05) is 23.9 Å². The molecule has 3 fully saturated rings. The largest absolute Gasteiger partial charge is 0.494 e. The summed E-state index contributed by atoms with van der Waals surface area (Å²) >= 11 is 0. The Balaban J connectivity index is 1.39. The fourth-order valence-corrected chi connectivity index (χ4v) is 6.59. The minimum Gasteiger partial charge on any atom is -0.494 e. The van der Waals surface area contributed by atoms with Gasteiger partial charge in [-0.1, -0.05) is 6.08 Å². The van der Waals surface area contributed by atoms with Gasteiger partial charge in [-0.2, -0.15) is 0 Å². The molecule has 5 rings (SSSR count). The molecular formula is C29H35FN4O8S. The lowest BCUT2D eigenvalue weighted by Gasteiger charge is -2.29. The summed E-state index contributed by atoms with van der Waals surface area (Å²) in [5, 5.41) is 3.06. The van der Waals surface area contributed by atoms with Gasteiger partial charge in [0.15, 0.2) is 11.6 Å². The Morgan fingerprint density at radius 1 is 1.23 bits per heavy atom. The van der Waals surface area contributed by atoms with Gasteiger partial charge in [-0.05, 0) is 63.6 Å². The van der Waals surface area contributed by atoms with Gasteiger partial charge in [0.2, 0.25) is 21.8 Å². The minimum atomic E-state index is -3.86. The molecule has 1 aliphatic heterocycles. The van der Waals surface area contributed by atoms with E-state index in [1.807, 2.05) is 0 Å². The number of halogens is 1. The number of likely N-dealkylation sites (tertiary alicyclic amines) is 1. The SMILES string of the molecule is C=CC1CC1(NC(=O)C1CC(Oc2nccc3cc(OC)c(F)cc23)CN1C(=O)OC(C)(C)C)C(=O)NS(=O)(=O)C1CC1. The number of ether oxygens (including phenoxy) is 3. The van der Waals surface area contributed by atoms with Crippen molar-refractivity contribution >= 4 is 38.7 Å². The Morgan fingerprint density at radius 2 is 1.95 bits per heavy atom. The molecule has 2 N–H and O–H groups in total. The molecule has 3 amide bonds. The van der Waals surface area contributed by atoms with Gasteiger partial charge >= 0.3 is 6.09 Å². The summed E-state index contributed by atoms with van der Waals surface area (Å²) in [6.45, 7) is 8.70. The molecule has 12 nitrogen and oxygen atoms in total. The van der Waals surface area contributed by atoms with Crippen LogP contribution in [0.4, 0.5) is 9.18 Å². The highest BCUT2D eigenvalue weighted by molar-refractivity contribution is 7.91. The molecule has 232 valence electrons. The topological polar surface area (TPSA) is 153 Å². The van der Waals surface area contributed by atoms with Gasteiger partial charge in [-0.25, -0.2) is 22.6 Å². The van der Waals surface area contributed by atoms with Crippen LogP contribution in [-0.4, -0.2) is 78.4 Å². The number of nitrogens with zero attached hydrogens (tertiary/aromatic N) is 2. The number of sulfonamides is 1. The predicted molar refractivity (Wildman–Crippen MR) is 153 cm³/mol. The number of benzene rings is 1. The molecular weight excluding hydrogens is 583 g/mol. The van der Waals surface area contributed by atoms with E-state index in [0.717, 1.165) is 0 Å². The lowest BCUT2D eigenvalue weighted by molar-refractivity contribution is -0.131. The summed E-state index contributed by atoms with van der Waals surface area (Å²) in [5.74, 6) is -2.48. The van der Waals surface area contributed by atoms with Gasteiger partial charge in [-0.3, -0.25) is 19.2 Å². The van der Waals surface area contributed by atoms with E-state index in [4.69, 9.17) is 14.2 Å². The fourth-order valence-electron chi connectivity index (χ4n) is 5.23. The zero-order chi connectivity index (χ0) is 31.3. The Hall–Kier alpha value is -3.94. The molecule has 2 heterocycles. The summed E-state index contributed by atoms with van der Waals surface area (Å²) in [5.41, 5.74) is -2.39. The first-order valence-corrected chi connectivity index (χ1v) is 15.5. The number of fused-ring (bicyclic) bond motifs is 1. The maximum absolute atomic E-state index is 14.5. The number of hydrogen-bond donors (Lipinski definition) is 2. The van der Waals surface area contributed by atoms with Crippen LogP contribution in [0.3, 0.4) is 0 Å². The lowest BCUT2D eigenvalue weighted by atomic mass is 10.1. The van der Waals surface area contributed by atoms with Gasteiger partial charge in [0.05, 0.1) is 18.9 Å². The molecule has 2 saturated carbocycles. The van der Waals surface area contributed by atoms with Gasteiger partial charge in [-0.15, -0.1) is 6.58 Å². The number of carbonyl (C=O) groups excluding carboxylic acids is 3. The number of pyridine rings is 1. The van der Waals surface area contributed by atoms with Crippen LogP contribution >= 0.6 is 0 Å². The first-order valence-electron chi connectivity index (χ1n) is 14.0. The third-order valence-corrected chi connectivity index (χ3v) is 9.54. The number of aromatic nitrogens is 1. The lowest BCUT2D eigenvalue weighted by Crippen LogP contribution is -2.56. The molecule has 1 aromatic heterocycles. The van der Waals surface area contributed by atoms with E-state index in [1.54, 1.807) is 26.8 Å². The molecule has 0 radical (unpaired) electrons. The summed E-state index contributed by atoms with van der Waals surface area (Å²) in [7, 11) is -2.50. The maximum atomic E-state index is 14.5. The van der Waals surface area contributed by atoms with E-state index in [-0.39, 0.29) is 31.0 Å². The Bertz CT molecular complexity index is 1590. The molecule has 0 spiro atoms. The number of methoxy groups -OCH3 is 1. The normalized spacial score (nSPS) is 25.1. The molecule has 14 heteroatoms. The van der Waals surface area contributed by atoms with Crippen molar-refractivity contribution in [2.24, 2.45) is 5.92 Å². The Kier molecular flexibility index (Phi) is 7.78. The maximum Gasteiger partial charge on any atom is 0.411 e. The molecule has 1 saturated heterocycles. The van der Waals surface area contributed by atoms with Crippen LogP contribution in [-0.2, 0) is 24.3 Å². The number of rotatable bonds is 9. The van der Waals surface area contributed by atoms with Crippen molar-refractivity contribution in [3.63, 3.8) is 0 Å². The zero-order valence-corrected chi connectivity index (χ0v) is 25.2. The van der Waals surface area contributed by atoms with Crippen molar-refractivity contribution in [3.05, 3.63) is 42.9 Å². The summed E-state index contributed by atoms with van der Waals surface area (Å²) in [4.78, 5) is 45.6.